The first-order chi connectivity index (χ1) is 16.7. The highest BCUT2D eigenvalue weighted by Gasteiger charge is 2.27. The molecule has 1 N–H and O–H groups in total. The van der Waals surface area contributed by atoms with E-state index in [4.69, 9.17) is 4.98 Å². The van der Waals surface area contributed by atoms with E-state index in [0.717, 1.165) is 38.2 Å². The third kappa shape index (κ3) is 5.13. The quantitative estimate of drug-likeness (QED) is 0.337. The van der Waals surface area contributed by atoms with Gasteiger partial charge in [0.25, 0.3) is 0 Å². The van der Waals surface area contributed by atoms with E-state index >= 15 is 0 Å². The zero-order valence-electron chi connectivity index (χ0n) is 21.6. The van der Waals surface area contributed by atoms with Crippen LogP contribution in [-0.2, 0) is 0 Å². The Balaban J connectivity index is 1.96. The predicted molar refractivity (Wildman–Crippen MR) is 151 cm³/mol. The summed E-state index contributed by atoms with van der Waals surface area (Å²) in [4.78, 5) is 12.4. The molecule has 182 valence electrons. The highest BCUT2D eigenvalue weighted by Crippen LogP contribution is 2.45. The van der Waals surface area contributed by atoms with E-state index in [9.17, 15) is 5.11 Å². The van der Waals surface area contributed by atoms with Crippen LogP contribution in [0, 0.1) is 6.92 Å². The van der Waals surface area contributed by atoms with Gasteiger partial charge in [-0.05, 0) is 54.4 Å². The van der Waals surface area contributed by atoms with Crippen LogP contribution in [0.3, 0.4) is 0 Å². The monoisotopic (exact) mass is 486 g/mol. The number of aromatic nitrogens is 1. The van der Waals surface area contributed by atoms with Gasteiger partial charge in [-0.3, -0.25) is 0 Å². The number of hydrogen-bond acceptors (Lipinski definition) is 6. The Morgan fingerprint density at radius 2 is 1.23 bits per heavy atom. The number of phenols is 1. The number of nitrogens with zero attached hydrogens (tertiary/aromatic N) is 4. The zero-order chi connectivity index (χ0) is 25.3. The summed E-state index contributed by atoms with van der Waals surface area (Å²) < 4.78 is 0. The summed E-state index contributed by atoms with van der Waals surface area (Å²) >= 11 is 1.68. The average molecular weight is 487 g/mol. The topological polar surface area (TPSA) is 42.8 Å². The summed E-state index contributed by atoms with van der Waals surface area (Å²) in [5, 5.41) is 11.7. The SMILES string of the molecule is Cc1ccc(O)c(-c2nc(N(C)C)sc2C(c2ccc(N(C)C)cc2)c2ccc(N(C)C)cc2)c1. The molecule has 0 bridgehead atoms. The van der Waals surface area contributed by atoms with Gasteiger partial charge in [0.05, 0.1) is 5.69 Å². The van der Waals surface area contributed by atoms with Gasteiger partial charge in [0.1, 0.15) is 5.75 Å². The lowest BCUT2D eigenvalue weighted by Gasteiger charge is -2.21. The van der Waals surface area contributed by atoms with Crippen molar-refractivity contribution in [2.45, 2.75) is 12.8 Å². The number of aromatic hydroxyl groups is 1. The Kier molecular flexibility index (Phi) is 7.03. The van der Waals surface area contributed by atoms with Crippen LogP contribution in [0.2, 0.25) is 0 Å². The van der Waals surface area contributed by atoms with Crippen molar-refractivity contribution in [2.75, 3.05) is 57.0 Å². The molecule has 0 fully saturated rings. The van der Waals surface area contributed by atoms with Gasteiger partial charge in [0, 0.05) is 70.0 Å². The average Bonchev–Trinajstić information content (AvgIpc) is 3.26. The van der Waals surface area contributed by atoms with E-state index in [1.54, 1.807) is 17.4 Å². The maximum absolute atomic E-state index is 10.8. The molecular weight excluding hydrogens is 452 g/mol. The second-order valence-electron chi connectivity index (χ2n) is 9.53. The van der Waals surface area contributed by atoms with Gasteiger partial charge in [-0.1, -0.05) is 35.9 Å². The molecule has 0 aliphatic rings. The summed E-state index contributed by atoms with van der Waals surface area (Å²) in [5.74, 6) is 0.223. The molecule has 0 aliphatic heterocycles. The van der Waals surface area contributed by atoms with Crippen molar-refractivity contribution in [3.63, 3.8) is 0 Å². The van der Waals surface area contributed by atoms with Gasteiger partial charge in [0.2, 0.25) is 0 Å². The first kappa shape index (κ1) is 24.6. The standard InChI is InChI=1S/C29H34N4OS/c1-19-8-17-25(34)24(18-19)27-28(35-29(30-27)33(6)7)26(20-9-13-22(14-10-20)31(2)3)21-11-15-23(16-12-21)32(4)5/h8-18,26,34H,1-7H3. The molecule has 5 nitrogen and oxygen atoms in total. The lowest BCUT2D eigenvalue weighted by molar-refractivity contribution is 0.477. The summed E-state index contributed by atoms with van der Waals surface area (Å²) in [6.45, 7) is 2.04. The normalized spacial score (nSPS) is 11.1. The van der Waals surface area contributed by atoms with Crippen molar-refractivity contribution < 1.29 is 5.11 Å². The molecule has 6 heteroatoms. The summed E-state index contributed by atoms with van der Waals surface area (Å²) in [6.07, 6.45) is 0. The Labute approximate surface area is 212 Å². The van der Waals surface area contributed by atoms with Crippen molar-refractivity contribution >= 4 is 27.8 Å². The van der Waals surface area contributed by atoms with Gasteiger partial charge >= 0.3 is 0 Å². The molecule has 1 heterocycles. The van der Waals surface area contributed by atoms with Crippen molar-refractivity contribution in [3.8, 4) is 17.0 Å². The van der Waals surface area contributed by atoms with Crippen LogP contribution >= 0.6 is 11.3 Å². The van der Waals surface area contributed by atoms with Gasteiger partial charge in [-0.2, -0.15) is 0 Å². The van der Waals surface area contributed by atoms with Crippen molar-refractivity contribution in [1.29, 1.82) is 0 Å². The lowest BCUT2D eigenvalue weighted by atomic mass is 9.87. The fraction of sp³-hybridized carbons (Fsp3) is 0.276. The van der Waals surface area contributed by atoms with Crippen molar-refractivity contribution in [1.82, 2.24) is 4.98 Å². The minimum absolute atomic E-state index is 0.0245. The van der Waals surface area contributed by atoms with E-state index in [1.807, 2.05) is 38.1 Å². The fourth-order valence-corrected chi connectivity index (χ4v) is 5.32. The highest BCUT2D eigenvalue weighted by atomic mass is 32.1. The van der Waals surface area contributed by atoms with Crippen LogP contribution in [0.25, 0.3) is 11.3 Å². The van der Waals surface area contributed by atoms with Gasteiger partial charge < -0.3 is 19.8 Å². The minimum Gasteiger partial charge on any atom is -0.507 e. The summed E-state index contributed by atoms with van der Waals surface area (Å²) in [7, 11) is 12.2. The van der Waals surface area contributed by atoms with Crippen LogP contribution < -0.4 is 14.7 Å². The molecule has 0 saturated heterocycles. The lowest BCUT2D eigenvalue weighted by Crippen LogP contribution is -2.10. The molecule has 0 aliphatic carbocycles. The molecule has 0 atom stereocenters. The van der Waals surface area contributed by atoms with E-state index in [0.29, 0.717) is 0 Å². The van der Waals surface area contributed by atoms with Crippen molar-refractivity contribution in [2.24, 2.45) is 0 Å². The zero-order valence-corrected chi connectivity index (χ0v) is 22.4. The number of rotatable bonds is 7. The number of phenolic OH excluding ortho intramolecular Hbond substituents is 1. The first-order valence-corrected chi connectivity index (χ1v) is 12.5. The molecular formula is C29H34N4OS. The smallest absolute Gasteiger partial charge is 0.185 e. The number of aryl methyl sites for hydroxylation is 1. The third-order valence-corrected chi connectivity index (χ3v) is 7.47. The Morgan fingerprint density at radius 1 is 0.714 bits per heavy atom. The number of benzene rings is 3. The number of thiazole rings is 1. The molecule has 3 aromatic carbocycles. The van der Waals surface area contributed by atoms with E-state index in [1.165, 1.54) is 11.1 Å². The largest absolute Gasteiger partial charge is 0.507 e. The number of anilines is 3. The molecule has 0 saturated carbocycles. The van der Waals surface area contributed by atoms with Crippen LogP contribution in [0.5, 0.6) is 5.75 Å². The van der Waals surface area contributed by atoms with Crippen LogP contribution in [0.4, 0.5) is 16.5 Å². The Hall–Kier alpha value is -3.51. The van der Waals surface area contributed by atoms with Crippen LogP contribution in [-0.4, -0.2) is 52.4 Å². The highest BCUT2D eigenvalue weighted by molar-refractivity contribution is 7.16. The number of hydrogen-bond donors (Lipinski definition) is 1. The first-order valence-electron chi connectivity index (χ1n) is 11.7. The Morgan fingerprint density at radius 3 is 1.69 bits per heavy atom. The van der Waals surface area contributed by atoms with Crippen LogP contribution in [0.1, 0.15) is 27.5 Å². The molecule has 0 spiro atoms. The molecule has 35 heavy (non-hydrogen) atoms. The third-order valence-electron chi connectivity index (χ3n) is 6.18. The van der Waals surface area contributed by atoms with Crippen LogP contribution in [0.15, 0.2) is 66.7 Å². The van der Waals surface area contributed by atoms with Crippen molar-refractivity contribution in [3.05, 3.63) is 88.3 Å². The fourth-order valence-electron chi connectivity index (χ4n) is 4.16. The molecule has 4 rings (SSSR count). The molecule has 0 radical (unpaired) electrons. The second-order valence-corrected chi connectivity index (χ2v) is 10.5. The molecule has 1 aromatic heterocycles. The molecule has 0 amide bonds. The maximum Gasteiger partial charge on any atom is 0.185 e. The van der Waals surface area contributed by atoms with Gasteiger partial charge in [0.15, 0.2) is 5.13 Å². The van der Waals surface area contributed by atoms with Gasteiger partial charge in [-0.15, -0.1) is 11.3 Å². The summed E-state index contributed by atoms with van der Waals surface area (Å²) in [5.41, 5.74) is 7.38. The second kappa shape index (κ2) is 10.0. The predicted octanol–water partition coefficient (Wildman–Crippen LogP) is 6.20. The molecule has 4 aromatic rings. The molecule has 0 unspecified atom stereocenters. The van der Waals surface area contributed by atoms with Gasteiger partial charge in [-0.25, -0.2) is 4.98 Å². The minimum atomic E-state index is -0.0245. The van der Waals surface area contributed by atoms with E-state index < -0.39 is 0 Å². The maximum atomic E-state index is 10.8. The van der Waals surface area contributed by atoms with E-state index in [-0.39, 0.29) is 11.7 Å². The Bertz CT molecular complexity index is 1240. The van der Waals surface area contributed by atoms with E-state index in [2.05, 4.69) is 86.5 Å². The summed E-state index contributed by atoms with van der Waals surface area (Å²) in [6, 6.07) is 23.2.